The Balaban J connectivity index is 1.88. The number of allylic oxidation sites excluding steroid dienone is 1. The van der Waals surface area contributed by atoms with Crippen molar-refractivity contribution in [2.24, 2.45) is 5.41 Å². The number of hydrogen-bond acceptors (Lipinski definition) is 4. The molecule has 6 nitrogen and oxygen atoms in total. The number of carbonyl (C=O) groups excluding carboxylic acids is 3. The maximum absolute atomic E-state index is 14.9. The van der Waals surface area contributed by atoms with Crippen molar-refractivity contribution in [1.82, 2.24) is 10.2 Å². The molecule has 0 aromatic heterocycles. The van der Waals surface area contributed by atoms with Crippen LogP contribution in [0.1, 0.15) is 42.6 Å². The molecule has 1 N–H and O–H groups in total. The van der Waals surface area contributed by atoms with E-state index in [2.05, 4.69) is 0 Å². The van der Waals surface area contributed by atoms with Crippen LogP contribution in [-0.2, 0) is 16.1 Å². The predicted molar refractivity (Wildman–Crippen MR) is 121 cm³/mol. The normalized spacial score (nSPS) is 21.7. The quantitative estimate of drug-likeness (QED) is 0.679. The molecular weight excluding hydrogens is 461 g/mol. The molecule has 0 unspecified atom stereocenters. The average molecular weight is 486 g/mol. The zero-order chi connectivity index (χ0) is 25.6. The van der Waals surface area contributed by atoms with Crippen molar-refractivity contribution in [3.63, 3.8) is 0 Å². The molecule has 2 aromatic rings. The molecule has 1 atom stereocenters. The highest BCUT2D eigenvalue weighted by atomic mass is 19.4. The molecule has 35 heavy (non-hydrogen) atoms. The fraction of sp³-hybridized carbons (Fsp3) is 0.346. The molecule has 2 amide bonds. The zero-order valence-corrected chi connectivity index (χ0v) is 19.5. The number of nitrogens with one attached hydrogen (secondary N) is 1. The van der Waals surface area contributed by atoms with Crippen LogP contribution in [-0.4, -0.2) is 41.3 Å². The van der Waals surface area contributed by atoms with Crippen LogP contribution in [0.5, 0.6) is 5.75 Å². The van der Waals surface area contributed by atoms with E-state index in [1.807, 2.05) is 5.32 Å². The molecular formula is C26H25F3N2O4. The Hall–Kier alpha value is -3.62. The minimum absolute atomic E-state index is 0.00208. The highest BCUT2D eigenvalue weighted by Crippen LogP contribution is 2.52. The lowest BCUT2D eigenvalue weighted by Gasteiger charge is -2.35. The largest absolute Gasteiger partial charge is 0.496 e. The number of alkyl halides is 3. The number of methoxy groups -OCH3 is 1. The summed E-state index contributed by atoms with van der Waals surface area (Å²) in [4.78, 5) is 41.1. The maximum Gasteiger partial charge on any atom is 0.425 e. The van der Waals surface area contributed by atoms with Crippen LogP contribution in [0.4, 0.5) is 13.2 Å². The Morgan fingerprint density at radius 2 is 1.66 bits per heavy atom. The number of amides is 2. The van der Waals surface area contributed by atoms with Gasteiger partial charge in [-0.05, 0) is 29.5 Å². The third-order valence-corrected chi connectivity index (χ3v) is 6.38. The van der Waals surface area contributed by atoms with E-state index >= 15 is 0 Å². The number of halogens is 3. The summed E-state index contributed by atoms with van der Waals surface area (Å²) in [6, 6.07) is 14.3. The van der Waals surface area contributed by atoms with Crippen LogP contribution in [0, 0.1) is 5.41 Å². The van der Waals surface area contributed by atoms with Gasteiger partial charge in [0.25, 0.3) is 11.8 Å². The van der Waals surface area contributed by atoms with Gasteiger partial charge in [-0.25, -0.2) is 0 Å². The van der Waals surface area contributed by atoms with E-state index in [1.165, 1.54) is 25.3 Å². The summed E-state index contributed by atoms with van der Waals surface area (Å²) in [7, 11) is 1.28. The smallest absolute Gasteiger partial charge is 0.425 e. The molecule has 1 aliphatic heterocycles. The number of nitrogens with zero attached hydrogens (tertiary/aromatic N) is 1. The van der Waals surface area contributed by atoms with Gasteiger partial charge in [-0.3, -0.25) is 14.4 Å². The second-order valence-electron chi connectivity index (χ2n) is 9.54. The molecule has 184 valence electrons. The number of benzene rings is 2. The highest BCUT2D eigenvalue weighted by molar-refractivity contribution is 6.14. The summed E-state index contributed by atoms with van der Waals surface area (Å²) in [6.45, 7) is 3.37. The van der Waals surface area contributed by atoms with Gasteiger partial charge in [0, 0.05) is 12.1 Å². The summed E-state index contributed by atoms with van der Waals surface area (Å²) in [5, 5.41) is 1.93. The second-order valence-corrected chi connectivity index (χ2v) is 9.54. The van der Waals surface area contributed by atoms with Gasteiger partial charge in [0.1, 0.15) is 5.75 Å². The first-order chi connectivity index (χ1) is 16.4. The molecule has 0 radical (unpaired) electrons. The van der Waals surface area contributed by atoms with Crippen LogP contribution in [0.25, 0.3) is 0 Å². The first-order valence-electron chi connectivity index (χ1n) is 11.1. The van der Waals surface area contributed by atoms with Crippen LogP contribution in [0.2, 0.25) is 0 Å². The van der Waals surface area contributed by atoms with Crippen molar-refractivity contribution in [2.75, 3.05) is 7.11 Å². The molecule has 2 aromatic carbocycles. The summed E-state index contributed by atoms with van der Waals surface area (Å²) in [6.07, 6.45) is -5.37. The second kappa shape index (κ2) is 8.55. The molecule has 0 spiro atoms. The average Bonchev–Trinajstić information content (AvgIpc) is 3.02. The molecule has 9 heteroatoms. The van der Waals surface area contributed by atoms with Crippen molar-refractivity contribution >= 4 is 17.6 Å². The van der Waals surface area contributed by atoms with Crippen molar-refractivity contribution in [2.45, 2.75) is 44.9 Å². The molecule has 2 aliphatic rings. The number of Topliss-reactive ketones (excluding diaryl/α,β-unsaturated/α-hetero) is 1. The Morgan fingerprint density at radius 1 is 1.03 bits per heavy atom. The highest BCUT2D eigenvalue weighted by Gasteiger charge is 2.71. The van der Waals surface area contributed by atoms with E-state index in [0.29, 0.717) is 5.56 Å². The molecule has 4 rings (SSSR count). The number of rotatable bonds is 5. The first kappa shape index (κ1) is 24.5. The lowest BCUT2D eigenvalue weighted by Crippen LogP contribution is -2.66. The Bertz CT molecular complexity index is 1220. The number of ketones is 1. The minimum atomic E-state index is -5.27. The van der Waals surface area contributed by atoms with E-state index in [-0.39, 0.29) is 36.4 Å². The molecule has 1 aliphatic carbocycles. The van der Waals surface area contributed by atoms with E-state index < -0.39 is 40.3 Å². The number of para-hydroxylation sites is 1. The van der Waals surface area contributed by atoms with Crippen LogP contribution >= 0.6 is 0 Å². The standard InChI is InChI=1S/C26H25F3N2O4/c1-24(2)13-18-21(19(32)14-24)25(26(27,28)29,23(34)31(18)15-16-9-5-4-6-10-16)30-22(33)17-11-7-8-12-20(17)35-3/h4-12H,13-15H2,1-3H3,(H,30,33)/t25-/m1/s1. The Labute approximate surface area is 200 Å². The molecule has 0 saturated heterocycles. The predicted octanol–water partition coefficient (Wildman–Crippen LogP) is 4.41. The van der Waals surface area contributed by atoms with Gasteiger partial charge < -0.3 is 15.0 Å². The number of ether oxygens (including phenoxy) is 1. The number of hydrogen-bond donors (Lipinski definition) is 1. The molecule has 0 fully saturated rings. The van der Waals surface area contributed by atoms with Crippen LogP contribution in [0.15, 0.2) is 65.9 Å². The summed E-state index contributed by atoms with van der Waals surface area (Å²) < 4.78 is 49.8. The lowest BCUT2D eigenvalue weighted by atomic mass is 9.72. The molecule has 0 saturated carbocycles. The topological polar surface area (TPSA) is 75.7 Å². The van der Waals surface area contributed by atoms with Gasteiger partial charge in [0.2, 0.25) is 5.54 Å². The van der Waals surface area contributed by atoms with E-state index in [9.17, 15) is 27.6 Å². The van der Waals surface area contributed by atoms with Gasteiger partial charge in [-0.2, -0.15) is 13.2 Å². The summed E-state index contributed by atoms with van der Waals surface area (Å²) in [5.41, 5.74) is -4.44. The molecule has 1 heterocycles. The van der Waals surface area contributed by atoms with Crippen molar-refractivity contribution < 1.29 is 32.3 Å². The fourth-order valence-electron chi connectivity index (χ4n) is 4.83. The summed E-state index contributed by atoms with van der Waals surface area (Å²) in [5.74, 6) is -3.33. The first-order valence-corrected chi connectivity index (χ1v) is 11.1. The van der Waals surface area contributed by atoms with Gasteiger partial charge in [0.05, 0.1) is 24.8 Å². The van der Waals surface area contributed by atoms with Crippen molar-refractivity contribution in [3.05, 3.63) is 77.0 Å². The van der Waals surface area contributed by atoms with Crippen LogP contribution < -0.4 is 10.1 Å². The van der Waals surface area contributed by atoms with Gasteiger partial charge >= 0.3 is 6.18 Å². The maximum atomic E-state index is 14.9. The van der Waals surface area contributed by atoms with Crippen molar-refractivity contribution in [3.8, 4) is 5.75 Å². The number of carbonyl (C=O) groups is 3. The summed E-state index contributed by atoms with van der Waals surface area (Å²) >= 11 is 0. The third kappa shape index (κ3) is 4.09. The van der Waals surface area contributed by atoms with Gasteiger partial charge in [0.15, 0.2) is 5.78 Å². The SMILES string of the molecule is COc1ccccc1C(=O)N[C@@]1(C(F)(F)F)C(=O)N(Cc2ccccc2)C2=C1C(=O)CC(C)(C)C2. The van der Waals surface area contributed by atoms with Crippen molar-refractivity contribution in [1.29, 1.82) is 0 Å². The minimum Gasteiger partial charge on any atom is -0.496 e. The van der Waals surface area contributed by atoms with Gasteiger partial charge in [-0.15, -0.1) is 0 Å². The van der Waals surface area contributed by atoms with Gasteiger partial charge in [-0.1, -0.05) is 56.3 Å². The lowest BCUT2D eigenvalue weighted by molar-refractivity contribution is -0.190. The Morgan fingerprint density at radius 3 is 2.29 bits per heavy atom. The van der Waals surface area contributed by atoms with E-state index in [0.717, 1.165) is 4.90 Å². The van der Waals surface area contributed by atoms with Crippen LogP contribution in [0.3, 0.4) is 0 Å². The Kier molecular flexibility index (Phi) is 5.99. The van der Waals surface area contributed by atoms with E-state index in [1.54, 1.807) is 50.2 Å². The van der Waals surface area contributed by atoms with E-state index in [4.69, 9.17) is 4.74 Å². The third-order valence-electron chi connectivity index (χ3n) is 6.38. The molecule has 0 bridgehead atoms. The zero-order valence-electron chi connectivity index (χ0n) is 19.5. The monoisotopic (exact) mass is 486 g/mol. The fourth-order valence-corrected chi connectivity index (χ4v) is 4.83.